The molecule has 0 aromatic carbocycles. The second-order valence-electron chi connectivity index (χ2n) is 4.39. The molecule has 16 heavy (non-hydrogen) atoms. The molecule has 0 fully saturated rings. The normalized spacial score (nSPS) is 17.0. The highest BCUT2D eigenvalue weighted by atomic mass is 28.3. The van der Waals surface area contributed by atoms with Crippen molar-refractivity contribution in [3.8, 4) is 0 Å². The Hall–Kier alpha value is -0.293. The smallest absolute Gasteiger partial charge is 0.377 e. The van der Waals surface area contributed by atoms with Crippen molar-refractivity contribution in [1.29, 1.82) is 0 Å². The molecule has 0 spiro atoms. The third-order valence-corrected chi connectivity index (χ3v) is 9.64. The van der Waals surface area contributed by atoms with E-state index in [2.05, 4.69) is 6.58 Å². The Kier molecular flexibility index (Phi) is 4.83. The van der Waals surface area contributed by atoms with E-state index in [-0.39, 0.29) is 5.20 Å². The van der Waals surface area contributed by atoms with Gasteiger partial charge in [0.25, 0.3) is 0 Å². The van der Waals surface area contributed by atoms with Crippen molar-refractivity contribution in [2.24, 2.45) is 0 Å². The second-order valence-corrected chi connectivity index (χ2v) is 9.68. The minimum Gasteiger partial charge on any atom is -0.377 e. The van der Waals surface area contributed by atoms with Crippen LogP contribution in [-0.2, 0) is 0 Å². The molecule has 0 saturated carbocycles. The van der Waals surface area contributed by atoms with E-state index in [0.717, 1.165) is 6.92 Å². The van der Waals surface area contributed by atoms with Crippen LogP contribution in [0.2, 0.25) is 18.1 Å². The summed E-state index contributed by atoms with van der Waals surface area (Å²) in [6.45, 7) is 10.0. The van der Waals surface area contributed by atoms with Gasteiger partial charge in [0.05, 0.1) is 8.07 Å². The third-order valence-electron chi connectivity index (χ3n) is 3.81. The van der Waals surface area contributed by atoms with E-state index >= 15 is 0 Å². The average Bonchev–Trinajstić information content (AvgIpc) is 2.19. The maximum atomic E-state index is 12.7. The van der Waals surface area contributed by atoms with Crippen molar-refractivity contribution in [3.05, 3.63) is 11.8 Å². The maximum absolute atomic E-state index is 12.7. The molecule has 5 heteroatoms. The first kappa shape index (κ1) is 15.7. The first-order valence-corrected chi connectivity index (χ1v) is 8.20. The Labute approximate surface area is 96.4 Å². The fourth-order valence-electron chi connectivity index (χ4n) is 2.08. The predicted octanol–water partition coefficient (Wildman–Crippen LogP) is 3.90. The van der Waals surface area contributed by atoms with Crippen LogP contribution in [0.5, 0.6) is 0 Å². The van der Waals surface area contributed by atoms with E-state index in [1.54, 1.807) is 0 Å². The number of hydrogen-bond acceptors (Lipinski definition) is 1. The molecular weight excluding hydrogens is 233 g/mol. The van der Waals surface area contributed by atoms with E-state index in [1.165, 1.54) is 0 Å². The predicted molar refractivity (Wildman–Crippen MR) is 63.0 cm³/mol. The minimum atomic E-state index is -4.64. The number of hydrogen-bond donors (Lipinski definition) is 1. The third kappa shape index (κ3) is 2.51. The van der Waals surface area contributed by atoms with Crippen LogP contribution in [-0.4, -0.2) is 25.0 Å². The van der Waals surface area contributed by atoms with Crippen LogP contribution in [0.3, 0.4) is 0 Å². The van der Waals surface area contributed by atoms with Gasteiger partial charge >= 0.3 is 6.18 Å². The van der Waals surface area contributed by atoms with Crippen LogP contribution in [0.15, 0.2) is 11.8 Å². The summed E-state index contributed by atoms with van der Waals surface area (Å²) in [6.07, 6.45) is -4.64. The molecule has 1 unspecified atom stereocenters. The fraction of sp³-hybridized carbons (Fsp3) is 0.818. The molecule has 0 rings (SSSR count). The lowest BCUT2D eigenvalue weighted by molar-refractivity contribution is -0.234. The molecule has 0 bridgehead atoms. The van der Waals surface area contributed by atoms with Gasteiger partial charge in [-0.15, -0.1) is 6.58 Å². The largest absolute Gasteiger partial charge is 0.420 e. The standard InChI is InChI=1S/C11H21F3OSi/c1-6-16(7-2,8-3)9(4)10(5,15)11(12,13)14/h15H,4,6-8H2,1-3,5H3. The zero-order valence-electron chi connectivity index (χ0n) is 10.4. The van der Waals surface area contributed by atoms with Crippen molar-refractivity contribution in [3.63, 3.8) is 0 Å². The van der Waals surface area contributed by atoms with Crippen LogP contribution < -0.4 is 0 Å². The number of aliphatic hydroxyl groups is 1. The summed E-state index contributed by atoms with van der Waals surface area (Å²) in [5, 5.41) is 9.67. The quantitative estimate of drug-likeness (QED) is 0.738. The van der Waals surface area contributed by atoms with Crippen molar-refractivity contribution in [2.75, 3.05) is 0 Å². The second kappa shape index (κ2) is 4.92. The van der Waals surface area contributed by atoms with Gasteiger partial charge in [-0.05, 0) is 12.1 Å². The zero-order valence-corrected chi connectivity index (χ0v) is 11.4. The van der Waals surface area contributed by atoms with Gasteiger partial charge in [0.15, 0.2) is 5.60 Å². The molecule has 0 amide bonds. The van der Waals surface area contributed by atoms with E-state index in [9.17, 15) is 18.3 Å². The highest BCUT2D eigenvalue weighted by Crippen LogP contribution is 2.42. The summed E-state index contributed by atoms with van der Waals surface area (Å²) in [5.74, 6) is 0. The van der Waals surface area contributed by atoms with Gasteiger partial charge in [-0.25, -0.2) is 0 Å². The van der Waals surface area contributed by atoms with Crippen LogP contribution in [0.4, 0.5) is 13.2 Å². The molecule has 0 aromatic rings. The molecular formula is C11H21F3OSi. The van der Waals surface area contributed by atoms with Gasteiger partial charge in [-0.1, -0.05) is 38.9 Å². The lowest BCUT2D eigenvalue weighted by atomic mass is 10.1. The molecule has 1 atom stereocenters. The molecule has 1 nitrogen and oxygen atoms in total. The fourth-order valence-corrected chi connectivity index (χ4v) is 6.03. The monoisotopic (exact) mass is 254 g/mol. The summed E-state index contributed by atoms with van der Waals surface area (Å²) in [5.41, 5.74) is -2.75. The van der Waals surface area contributed by atoms with E-state index < -0.39 is 19.9 Å². The summed E-state index contributed by atoms with van der Waals surface area (Å²) in [7, 11) is -2.23. The lowest BCUT2D eigenvalue weighted by Crippen LogP contribution is -2.53. The summed E-state index contributed by atoms with van der Waals surface area (Å²) in [6, 6.07) is 2.06. The molecule has 0 aromatic heterocycles. The minimum absolute atomic E-state index is 0.0139. The number of alkyl halides is 3. The van der Waals surface area contributed by atoms with Crippen molar-refractivity contribution in [1.82, 2.24) is 0 Å². The van der Waals surface area contributed by atoms with E-state index in [4.69, 9.17) is 0 Å². The maximum Gasteiger partial charge on any atom is 0.420 e. The molecule has 0 aliphatic heterocycles. The molecule has 1 N–H and O–H groups in total. The molecule has 0 radical (unpaired) electrons. The van der Waals surface area contributed by atoms with E-state index in [1.807, 2.05) is 20.8 Å². The molecule has 0 saturated heterocycles. The Morgan fingerprint density at radius 1 is 1.12 bits per heavy atom. The van der Waals surface area contributed by atoms with Crippen molar-refractivity contribution >= 4 is 8.07 Å². The van der Waals surface area contributed by atoms with Gasteiger partial charge < -0.3 is 5.11 Å². The Balaban J connectivity index is 5.33. The van der Waals surface area contributed by atoms with Crippen molar-refractivity contribution < 1.29 is 18.3 Å². The number of halogens is 3. The highest BCUT2D eigenvalue weighted by molar-refractivity contribution is 6.86. The van der Waals surface area contributed by atoms with E-state index in [0.29, 0.717) is 18.1 Å². The zero-order chi connectivity index (χ0) is 13.2. The summed E-state index contributed by atoms with van der Waals surface area (Å²) >= 11 is 0. The van der Waals surface area contributed by atoms with Crippen LogP contribution >= 0.6 is 0 Å². The van der Waals surface area contributed by atoms with Gasteiger partial charge in [0.2, 0.25) is 0 Å². The summed E-state index contributed by atoms with van der Waals surface area (Å²) in [4.78, 5) is 0. The highest BCUT2D eigenvalue weighted by Gasteiger charge is 2.55. The van der Waals surface area contributed by atoms with Gasteiger partial charge in [-0.2, -0.15) is 13.2 Å². The SMILES string of the molecule is C=C(C(C)(O)C(F)(F)F)[Si](CC)(CC)CC. The van der Waals surface area contributed by atoms with Gasteiger partial charge in [-0.3, -0.25) is 0 Å². The molecule has 96 valence electrons. The lowest BCUT2D eigenvalue weighted by Gasteiger charge is -2.39. The Bertz CT molecular complexity index is 242. The Morgan fingerprint density at radius 2 is 1.44 bits per heavy atom. The van der Waals surface area contributed by atoms with Gasteiger partial charge in [0.1, 0.15) is 0 Å². The van der Waals surface area contributed by atoms with Crippen LogP contribution in [0.25, 0.3) is 0 Å². The average molecular weight is 254 g/mol. The van der Waals surface area contributed by atoms with Gasteiger partial charge in [0, 0.05) is 0 Å². The molecule has 0 heterocycles. The van der Waals surface area contributed by atoms with Crippen LogP contribution in [0.1, 0.15) is 27.7 Å². The topological polar surface area (TPSA) is 20.2 Å². The molecule has 0 aliphatic rings. The summed E-state index contributed by atoms with van der Waals surface area (Å²) < 4.78 is 38.2. The first-order valence-electron chi connectivity index (χ1n) is 5.58. The van der Waals surface area contributed by atoms with Crippen LogP contribution in [0, 0.1) is 0 Å². The molecule has 0 aliphatic carbocycles. The van der Waals surface area contributed by atoms with Crippen molar-refractivity contribution in [2.45, 2.75) is 57.6 Å². The Morgan fingerprint density at radius 3 is 1.62 bits per heavy atom. The number of rotatable bonds is 5. The first-order chi connectivity index (χ1) is 7.09.